The van der Waals surface area contributed by atoms with Gasteiger partial charge in [-0.3, -0.25) is 14.6 Å². The molecule has 1 aliphatic heterocycles. The highest BCUT2D eigenvalue weighted by atomic mass is 16.5. The normalized spacial score (nSPS) is 13.9. The van der Waals surface area contributed by atoms with Gasteiger partial charge in [0.15, 0.2) is 5.78 Å². The Labute approximate surface area is 153 Å². The van der Waals surface area contributed by atoms with Crippen LogP contribution in [0.1, 0.15) is 29.9 Å². The van der Waals surface area contributed by atoms with E-state index in [0.717, 1.165) is 17.5 Å². The molecule has 0 saturated carbocycles. The number of anilines is 1. The molecule has 6 nitrogen and oxygen atoms in total. The fraction of sp³-hybridized carbons (Fsp3) is 0.350. The lowest BCUT2D eigenvalue weighted by molar-refractivity contribution is -0.116. The average Bonchev–Trinajstić information content (AvgIpc) is 2.60. The summed E-state index contributed by atoms with van der Waals surface area (Å²) in [5.74, 6) is -0.393. The first-order valence-electron chi connectivity index (χ1n) is 8.78. The number of Topliss-reactive ketones (excluding diaryl/α,β-unsaturated/α-hetero) is 1. The summed E-state index contributed by atoms with van der Waals surface area (Å²) < 4.78 is 5.07. The molecule has 0 spiro atoms. The monoisotopic (exact) mass is 353 g/mol. The third kappa shape index (κ3) is 4.33. The van der Waals surface area contributed by atoms with Gasteiger partial charge in [-0.25, -0.2) is 0 Å². The van der Waals surface area contributed by atoms with E-state index < -0.39 is 0 Å². The number of hydrogen-bond acceptors (Lipinski definition) is 5. The number of amides is 1. The zero-order valence-electron chi connectivity index (χ0n) is 15.0. The van der Waals surface area contributed by atoms with E-state index in [1.807, 2.05) is 18.2 Å². The van der Waals surface area contributed by atoms with Gasteiger partial charge in [0.2, 0.25) is 5.91 Å². The van der Waals surface area contributed by atoms with Gasteiger partial charge in [-0.2, -0.15) is 0 Å². The van der Waals surface area contributed by atoms with E-state index in [1.165, 1.54) is 12.5 Å². The number of hydrogen-bond donors (Lipinski definition) is 2. The highest BCUT2D eigenvalue weighted by Crippen LogP contribution is 2.25. The van der Waals surface area contributed by atoms with Gasteiger partial charge in [-0.15, -0.1) is 0 Å². The third-order valence-electron chi connectivity index (χ3n) is 4.35. The van der Waals surface area contributed by atoms with Crippen LogP contribution in [0.4, 0.5) is 5.69 Å². The summed E-state index contributed by atoms with van der Waals surface area (Å²) in [7, 11) is 0. The molecule has 2 heterocycles. The molecule has 1 aromatic heterocycles. The number of carbonyl (C=O) groups is 2. The van der Waals surface area contributed by atoms with Crippen molar-refractivity contribution in [3.8, 4) is 11.1 Å². The van der Waals surface area contributed by atoms with Gasteiger partial charge < -0.3 is 15.4 Å². The van der Waals surface area contributed by atoms with Crippen LogP contribution in [0.25, 0.3) is 11.1 Å². The molecular formula is C20H23N3O3. The van der Waals surface area contributed by atoms with Gasteiger partial charge >= 0.3 is 0 Å². The molecule has 1 aromatic carbocycles. The summed E-state index contributed by atoms with van der Waals surface area (Å²) >= 11 is 0. The maximum absolute atomic E-state index is 12.2. The zero-order chi connectivity index (χ0) is 18.5. The summed E-state index contributed by atoms with van der Waals surface area (Å²) in [6, 6.07) is 10.2. The maximum atomic E-state index is 12.2. The first kappa shape index (κ1) is 18.2. The smallest absolute Gasteiger partial charge is 0.238 e. The Morgan fingerprint density at radius 3 is 2.69 bits per heavy atom. The van der Waals surface area contributed by atoms with Crippen molar-refractivity contribution in [3.05, 3.63) is 47.8 Å². The number of nitrogens with zero attached hydrogens (tertiary/aromatic N) is 1. The summed E-state index contributed by atoms with van der Waals surface area (Å²) in [6.07, 6.45) is 2.61. The van der Waals surface area contributed by atoms with Gasteiger partial charge in [0, 0.05) is 18.7 Å². The number of pyridine rings is 1. The lowest BCUT2D eigenvalue weighted by Gasteiger charge is -2.26. The van der Waals surface area contributed by atoms with Crippen LogP contribution in [0.2, 0.25) is 0 Å². The molecule has 1 fully saturated rings. The second-order valence-corrected chi connectivity index (χ2v) is 6.39. The Kier molecular flexibility index (Phi) is 5.75. The molecule has 1 amide bonds. The molecule has 1 saturated heterocycles. The largest absolute Gasteiger partial charge is 0.378 e. The first-order chi connectivity index (χ1) is 12.6. The van der Waals surface area contributed by atoms with E-state index >= 15 is 0 Å². The fourth-order valence-corrected chi connectivity index (χ4v) is 2.75. The molecular weight excluding hydrogens is 330 g/mol. The van der Waals surface area contributed by atoms with Crippen LogP contribution >= 0.6 is 0 Å². The molecule has 0 unspecified atom stereocenters. The van der Waals surface area contributed by atoms with Crippen molar-refractivity contribution in [1.82, 2.24) is 10.3 Å². The Bertz CT molecular complexity index is 816. The highest BCUT2D eigenvalue weighted by molar-refractivity contribution is 6.03. The fourth-order valence-electron chi connectivity index (χ4n) is 2.75. The molecule has 136 valence electrons. The van der Waals surface area contributed by atoms with E-state index in [-0.39, 0.29) is 30.0 Å². The van der Waals surface area contributed by atoms with Crippen molar-refractivity contribution in [2.24, 2.45) is 0 Å². The number of benzene rings is 1. The van der Waals surface area contributed by atoms with Crippen LogP contribution in [-0.2, 0) is 16.0 Å². The Hall–Kier alpha value is -2.57. The quantitative estimate of drug-likeness (QED) is 0.748. The molecule has 0 radical (unpaired) electrons. The average molecular weight is 353 g/mol. The van der Waals surface area contributed by atoms with E-state index in [1.54, 1.807) is 6.20 Å². The van der Waals surface area contributed by atoms with Gasteiger partial charge in [0.05, 0.1) is 31.5 Å². The van der Waals surface area contributed by atoms with E-state index in [0.29, 0.717) is 18.9 Å². The number of ketones is 1. The first-order valence-corrected chi connectivity index (χ1v) is 8.78. The second-order valence-electron chi connectivity index (χ2n) is 6.39. The predicted molar refractivity (Wildman–Crippen MR) is 100 cm³/mol. The topological polar surface area (TPSA) is 80.3 Å². The molecule has 0 bridgehead atoms. The zero-order valence-corrected chi connectivity index (χ0v) is 15.0. The van der Waals surface area contributed by atoms with E-state index in [4.69, 9.17) is 4.74 Å². The molecule has 3 rings (SSSR count). The summed E-state index contributed by atoms with van der Waals surface area (Å²) in [6.45, 7) is 4.95. The Morgan fingerprint density at radius 1 is 1.23 bits per heavy atom. The van der Waals surface area contributed by atoms with Crippen LogP contribution in [0.15, 0.2) is 36.5 Å². The van der Waals surface area contributed by atoms with Crippen molar-refractivity contribution in [2.75, 3.05) is 25.1 Å². The van der Waals surface area contributed by atoms with Crippen LogP contribution in [-0.4, -0.2) is 42.5 Å². The SMILES string of the molecule is CCc1cccc(-c2cnc(C(C)=O)c(NC(=O)CNC3COC3)c2)c1. The second kappa shape index (κ2) is 8.21. The highest BCUT2D eigenvalue weighted by Gasteiger charge is 2.19. The van der Waals surface area contributed by atoms with Gasteiger partial charge in [0.25, 0.3) is 0 Å². The molecule has 1 aliphatic rings. The number of rotatable bonds is 7. The summed E-state index contributed by atoms with van der Waals surface area (Å²) in [4.78, 5) is 28.4. The minimum Gasteiger partial charge on any atom is -0.378 e. The molecule has 26 heavy (non-hydrogen) atoms. The number of nitrogens with one attached hydrogen (secondary N) is 2. The van der Waals surface area contributed by atoms with Crippen LogP contribution in [0.3, 0.4) is 0 Å². The summed E-state index contributed by atoms with van der Waals surface area (Å²) in [5.41, 5.74) is 3.79. The molecule has 6 heteroatoms. The standard InChI is InChI=1S/C20H23N3O3/c1-3-14-5-4-6-15(7-14)16-8-18(20(13(2)24)22-9-16)23-19(25)10-21-17-11-26-12-17/h4-9,17,21H,3,10-12H2,1-2H3,(H,23,25). The van der Waals surface area contributed by atoms with Crippen LogP contribution in [0.5, 0.6) is 0 Å². The number of aromatic nitrogens is 1. The van der Waals surface area contributed by atoms with Crippen molar-refractivity contribution in [1.29, 1.82) is 0 Å². The number of ether oxygens (including phenoxy) is 1. The maximum Gasteiger partial charge on any atom is 0.238 e. The van der Waals surface area contributed by atoms with Crippen molar-refractivity contribution < 1.29 is 14.3 Å². The van der Waals surface area contributed by atoms with Crippen LogP contribution in [0, 0.1) is 0 Å². The van der Waals surface area contributed by atoms with Gasteiger partial charge in [-0.05, 0) is 23.6 Å². The van der Waals surface area contributed by atoms with Gasteiger partial charge in [0.1, 0.15) is 5.69 Å². The minimum absolute atomic E-state index is 0.168. The van der Waals surface area contributed by atoms with E-state index in [9.17, 15) is 9.59 Å². The molecule has 0 atom stereocenters. The Balaban J connectivity index is 1.81. The lowest BCUT2D eigenvalue weighted by atomic mass is 10.0. The number of carbonyl (C=O) groups excluding carboxylic acids is 2. The van der Waals surface area contributed by atoms with Crippen LogP contribution < -0.4 is 10.6 Å². The molecule has 2 N–H and O–H groups in total. The van der Waals surface area contributed by atoms with Crippen molar-refractivity contribution >= 4 is 17.4 Å². The minimum atomic E-state index is -0.208. The van der Waals surface area contributed by atoms with Crippen molar-refractivity contribution in [2.45, 2.75) is 26.3 Å². The molecule has 2 aromatic rings. The van der Waals surface area contributed by atoms with E-state index in [2.05, 4.69) is 34.7 Å². The van der Waals surface area contributed by atoms with Gasteiger partial charge in [-0.1, -0.05) is 31.2 Å². The molecule has 0 aliphatic carbocycles. The number of aryl methyl sites for hydroxylation is 1. The van der Waals surface area contributed by atoms with Crippen molar-refractivity contribution in [3.63, 3.8) is 0 Å². The lowest BCUT2D eigenvalue weighted by Crippen LogP contribution is -2.48. The Morgan fingerprint density at radius 2 is 2.04 bits per heavy atom. The summed E-state index contributed by atoms with van der Waals surface area (Å²) in [5, 5.41) is 5.92. The predicted octanol–water partition coefficient (Wildman–Crippen LogP) is 2.44. The third-order valence-corrected chi connectivity index (χ3v) is 4.35.